The summed E-state index contributed by atoms with van der Waals surface area (Å²) in [5.74, 6) is 0. The Balaban J connectivity index is 0.000000171. The molecule has 3 heteroatoms. The summed E-state index contributed by atoms with van der Waals surface area (Å²) in [6.45, 7) is 1.91. The zero-order chi connectivity index (χ0) is 12.7. The van der Waals surface area contributed by atoms with E-state index in [4.69, 9.17) is 16.6 Å². The molecule has 2 aliphatic carbocycles. The Kier molecular flexibility index (Phi) is 4.88. The Labute approximate surface area is 102 Å². The number of hydrogen-bond donors (Lipinski definition) is 3. The summed E-state index contributed by atoms with van der Waals surface area (Å²) < 4.78 is 0. The standard InChI is InChI=1S/C7H8N2.C7H9N/c1-5-2-3-6(8)7(9)4-5;8-7-5-3-1-2-4-6-7/h2-4,8-9H,1H3;1-5H,6,8H2. The molecule has 2 aliphatic rings. The van der Waals surface area contributed by atoms with Gasteiger partial charge in [-0.3, -0.25) is 10.8 Å². The highest BCUT2D eigenvalue weighted by atomic mass is 14.6. The van der Waals surface area contributed by atoms with E-state index in [0.717, 1.165) is 17.7 Å². The van der Waals surface area contributed by atoms with Gasteiger partial charge in [0.2, 0.25) is 0 Å². The van der Waals surface area contributed by atoms with E-state index in [0.29, 0.717) is 11.4 Å². The van der Waals surface area contributed by atoms with E-state index in [1.807, 2.05) is 43.4 Å². The molecule has 0 heterocycles. The van der Waals surface area contributed by atoms with Crippen molar-refractivity contribution < 1.29 is 0 Å². The van der Waals surface area contributed by atoms with E-state index in [2.05, 4.69) is 0 Å². The first-order valence-corrected chi connectivity index (χ1v) is 5.41. The largest absolute Gasteiger partial charge is 0.402 e. The lowest BCUT2D eigenvalue weighted by atomic mass is 10.1. The van der Waals surface area contributed by atoms with E-state index in [-0.39, 0.29) is 0 Å². The molecule has 17 heavy (non-hydrogen) atoms. The molecular weight excluding hydrogens is 210 g/mol. The summed E-state index contributed by atoms with van der Waals surface area (Å²) in [5, 5.41) is 14.3. The smallest absolute Gasteiger partial charge is 0.0791 e. The molecule has 0 aromatic heterocycles. The van der Waals surface area contributed by atoms with Crippen molar-refractivity contribution in [3.63, 3.8) is 0 Å². The third-order valence-corrected chi connectivity index (χ3v) is 2.20. The zero-order valence-corrected chi connectivity index (χ0v) is 9.90. The minimum atomic E-state index is 0.292. The van der Waals surface area contributed by atoms with Crippen LogP contribution in [0.1, 0.15) is 13.3 Å². The van der Waals surface area contributed by atoms with E-state index in [1.54, 1.807) is 12.2 Å². The van der Waals surface area contributed by atoms with Crippen LogP contribution in [0.3, 0.4) is 0 Å². The fourth-order valence-corrected chi connectivity index (χ4v) is 1.25. The summed E-state index contributed by atoms with van der Waals surface area (Å²) in [4.78, 5) is 0. The summed E-state index contributed by atoms with van der Waals surface area (Å²) in [5.41, 5.74) is 8.05. The van der Waals surface area contributed by atoms with Gasteiger partial charge in [-0.25, -0.2) is 0 Å². The minimum absolute atomic E-state index is 0.292. The maximum absolute atomic E-state index is 7.17. The SMILES string of the molecule is CC1=CC(=N)C(=N)C=C1.NC1=CC=CC=CC1. The summed E-state index contributed by atoms with van der Waals surface area (Å²) in [7, 11) is 0. The highest BCUT2D eigenvalue weighted by molar-refractivity contribution is 6.49. The Bertz CT molecular complexity index is 460. The summed E-state index contributed by atoms with van der Waals surface area (Å²) in [6, 6.07) is 0. The molecule has 0 aromatic carbocycles. The van der Waals surface area contributed by atoms with Gasteiger partial charge < -0.3 is 5.73 Å². The van der Waals surface area contributed by atoms with Crippen molar-refractivity contribution in [2.24, 2.45) is 5.73 Å². The van der Waals surface area contributed by atoms with Crippen LogP contribution in [0, 0.1) is 10.8 Å². The number of allylic oxidation sites excluding steroid dienone is 9. The molecule has 3 nitrogen and oxygen atoms in total. The van der Waals surface area contributed by atoms with Crippen LogP contribution in [0.5, 0.6) is 0 Å². The highest BCUT2D eigenvalue weighted by Crippen LogP contribution is 2.02. The van der Waals surface area contributed by atoms with Crippen molar-refractivity contribution in [1.29, 1.82) is 10.8 Å². The third-order valence-electron chi connectivity index (χ3n) is 2.20. The number of nitrogens with two attached hydrogens (primary N) is 1. The fourth-order valence-electron chi connectivity index (χ4n) is 1.25. The molecule has 0 saturated heterocycles. The van der Waals surface area contributed by atoms with Crippen molar-refractivity contribution in [2.45, 2.75) is 13.3 Å². The normalized spacial score (nSPS) is 17.9. The van der Waals surface area contributed by atoms with Gasteiger partial charge in [-0.05, 0) is 30.7 Å². The van der Waals surface area contributed by atoms with Crippen LogP contribution in [0.25, 0.3) is 0 Å². The minimum Gasteiger partial charge on any atom is -0.402 e. The Morgan fingerprint density at radius 1 is 1.06 bits per heavy atom. The first-order chi connectivity index (χ1) is 8.09. The monoisotopic (exact) mass is 227 g/mol. The quantitative estimate of drug-likeness (QED) is 0.547. The number of nitrogens with one attached hydrogen (secondary N) is 2. The van der Waals surface area contributed by atoms with Crippen molar-refractivity contribution in [3.05, 3.63) is 59.9 Å². The molecule has 0 spiro atoms. The summed E-state index contributed by atoms with van der Waals surface area (Å²) in [6.07, 6.45) is 15.9. The van der Waals surface area contributed by atoms with Crippen LogP contribution in [0.15, 0.2) is 59.9 Å². The van der Waals surface area contributed by atoms with Crippen LogP contribution in [-0.4, -0.2) is 11.4 Å². The fraction of sp³-hybridized carbons (Fsp3) is 0.143. The van der Waals surface area contributed by atoms with Gasteiger partial charge >= 0.3 is 0 Å². The molecular formula is C14H17N3. The van der Waals surface area contributed by atoms with Crippen LogP contribution in [0.2, 0.25) is 0 Å². The van der Waals surface area contributed by atoms with E-state index in [1.165, 1.54) is 0 Å². The first kappa shape index (κ1) is 12.9. The Morgan fingerprint density at radius 2 is 1.82 bits per heavy atom. The van der Waals surface area contributed by atoms with Gasteiger partial charge in [0.05, 0.1) is 11.4 Å². The van der Waals surface area contributed by atoms with Crippen LogP contribution >= 0.6 is 0 Å². The van der Waals surface area contributed by atoms with E-state index in [9.17, 15) is 0 Å². The molecule has 4 N–H and O–H groups in total. The molecule has 0 radical (unpaired) electrons. The molecule has 0 saturated carbocycles. The molecule has 88 valence electrons. The van der Waals surface area contributed by atoms with Gasteiger partial charge in [-0.15, -0.1) is 0 Å². The van der Waals surface area contributed by atoms with Crippen molar-refractivity contribution in [1.82, 2.24) is 0 Å². The van der Waals surface area contributed by atoms with Gasteiger partial charge in [0.1, 0.15) is 0 Å². The van der Waals surface area contributed by atoms with Gasteiger partial charge in [-0.1, -0.05) is 30.4 Å². The molecule has 0 aliphatic heterocycles. The van der Waals surface area contributed by atoms with Crippen LogP contribution in [0.4, 0.5) is 0 Å². The molecule has 2 rings (SSSR count). The van der Waals surface area contributed by atoms with Crippen LogP contribution < -0.4 is 5.73 Å². The van der Waals surface area contributed by atoms with Gasteiger partial charge in [0, 0.05) is 12.1 Å². The second kappa shape index (κ2) is 6.43. The maximum Gasteiger partial charge on any atom is 0.0791 e. The molecule has 0 aromatic rings. The van der Waals surface area contributed by atoms with E-state index >= 15 is 0 Å². The van der Waals surface area contributed by atoms with Crippen molar-refractivity contribution in [2.75, 3.05) is 0 Å². The average molecular weight is 227 g/mol. The molecule has 0 atom stereocenters. The second-order valence-corrected chi connectivity index (χ2v) is 3.81. The van der Waals surface area contributed by atoms with Crippen molar-refractivity contribution >= 4 is 11.4 Å². The van der Waals surface area contributed by atoms with Crippen molar-refractivity contribution in [3.8, 4) is 0 Å². The predicted molar refractivity (Wildman–Crippen MR) is 73.5 cm³/mol. The number of hydrogen-bond acceptors (Lipinski definition) is 3. The third kappa shape index (κ3) is 4.93. The maximum atomic E-state index is 7.17. The lowest BCUT2D eigenvalue weighted by molar-refractivity contribution is 1.17. The first-order valence-electron chi connectivity index (χ1n) is 5.41. The van der Waals surface area contributed by atoms with Crippen LogP contribution in [-0.2, 0) is 0 Å². The van der Waals surface area contributed by atoms with Gasteiger partial charge in [0.25, 0.3) is 0 Å². The highest BCUT2D eigenvalue weighted by Gasteiger charge is 2.01. The Hall–Kier alpha value is -2.16. The lowest BCUT2D eigenvalue weighted by Gasteiger charge is -2.01. The zero-order valence-electron chi connectivity index (χ0n) is 9.90. The number of rotatable bonds is 0. The van der Waals surface area contributed by atoms with Gasteiger partial charge in [0.15, 0.2) is 0 Å². The molecule has 0 amide bonds. The molecule has 0 bridgehead atoms. The van der Waals surface area contributed by atoms with E-state index < -0.39 is 0 Å². The van der Waals surface area contributed by atoms with Gasteiger partial charge in [-0.2, -0.15) is 0 Å². The Morgan fingerprint density at radius 3 is 2.47 bits per heavy atom. The topological polar surface area (TPSA) is 73.7 Å². The average Bonchev–Trinajstić information content (AvgIpc) is 2.53. The summed E-state index contributed by atoms with van der Waals surface area (Å²) >= 11 is 0. The molecule has 0 unspecified atom stereocenters. The predicted octanol–water partition coefficient (Wildman–Crippen LogP) is 2.89. The molecule has 0 fully saturated rings. The second-order valence-electron chi connectivity index (χ2n) is 3.81. The lowest BCUT2D eigenvalue weighted by Crippen LogP contribution is -2.08.